The summed E-state index contributed by atoms with van der Waals surface area (Å²) in [4.78, 5) is 5.32. The van der Waals surface area contributed by atoms with Crippen molar-refractivity contribution in [2.75, 3.05) is 39.4 Å². The van der Waals surface area contributed by atoms with Crippen molar-refractivity contribution in [3.63, 3.8) is 0 Å². The Morgan fingerprint density at radius 3 is 1.46 bits per heavy atom. The van der Waals surface area contributed by atoms with Crippen LogP contribution < -0.4 is 5.32 Å². The first kappa shape index (κ1) is 27.8. The number of aliphatic hydroxyl groups is 2. The van der Waals surface area contributed by atoms with E-state index in [4.69, 9.17) is 0 Å². The fraction of sp³-hybridized carbons (Fsp3) is 1.00. The van der Waals surface area contributed by atoms with Gasteiger partial charge in [0, 0.05) is 36.3 Å². The summed E-state index contributed by atoms with van der Waals surface area (Å²) in [6, 6.07) is 1.36. The molecule has 0 aromatic carbocycles. The summed E-state index contributed by atoms with van der Waals surface area (Å²) in [5.41, 5.74) is 0.409. The van der Waals surface area contributed by atoms with Crippen LogP contribution in [0.1, 0.15) is 105 Å². The van der Waals surface area contributed by atoms with Crippen LogP contribution in [0.3, 0.4) is 0 Å². The summed E-state index contributed by atoms with van der Waals surface area (Å²) in [7, 11) is 0. The summed E-state index contributed by atoms with van der Waals surface area (Å²) < 4.78 is 0. The summed E-state index contributed by atoms with van der Waals surface area (Å²) >= 11 is 0. The lowest BCUT2D eigenvalue weighted by Crippen LogP contribution is -2.61. The van der Waals surface area contributed by atoms with Crippen molar-refractivity contribution in [1.82, 2.24) is 15.1 Å². The monoisotopic (exact) mass is 491 g/mol. The molecule has 2 aliphatic carbocycles. The van der Waals surface area contributed by atoms with Crippen LogP contribution in [0.4, 0.5) is 0 Å². The Hall–Kier alpha value is -0.200. The van der Waals surface area contributed by atoms with Gasteiger partial charge in [0.25, 0.3) is 0 Å². The lowest BCUT2D eigenvalue weighted by atomic mass is 9.65. The van der Waals surface area contributed by atoms with Crippen LogP contribution in [-0.4, -0.2) is 82.6 Å². The van der Waals surface area contributed by atoms with E-state index >= 15 is 0 Å². The summed E-state index contributed by atoms with van der Waals surface area (Å²) in [6.07, 6.45) is 16.1. The molecule has 6 atom stereocenters. The highest BCUT2D eigenvalue weighted by atomic mass is 16.3. The number of rotatable bonds is 10. The highest BCUT2D eigenvalue weighted by Crippen LogP contribution is 2.47. The van der Waals surface area contributed by atoms with E-state index in [0.717, 1.165) is 49.9 Å². The van der Waals surface area contributed by atoms with Crippen molar-refractivity contribution >= 4 is 0 Å². The van der Waals surface area contributed by atoms with Crippen molar-refractivity contribution in [2.45, 2.75) is 128 Å². The molecule has 35 heavy (non-hydrogen) atoms. The Morgan fingerprint density at radius 1 is 0.657 bits per heavy atom. The minimum atomic E-state index is 0.204. The fourth-order valence-corrected chi connectivity index (χ4v) is 9.36. The van der Waals surface area contributed by atoms with Crippen molar-refractivity contribution in [3.05, 3.63) is 0 Å². The van der Waals surface area contributed by atoms with Gasteiger partial charge in [0.1, 0.15) is 0 Å². The number of piperidine rings is 2. The molecule has 4 fully saturated rings. The summed E-state index contributed by atoms with van der Waals surface area (Å²) in [5.74, 6) is 3.29. The minimum absolute atomic E-state index is 0.204. The quantitative estimate of drug-likeness (QED) is 0.388. The number of aliphatic hydroxyl groups excluding tert-OH is 2. The third-order valence-corrected chi connectivity index (χ3v) is 10.7. The molecule has 4 aliphatic rings. The molecule has 4 rings (SSSR count). The standard InChI is InChI=1S/C30H57N3O2/c1-29(2)21-23(25-9-5-7-11-27(25)32(29)17-19-34)13-15-31-16-14-24-22-30(3,4)33(18-20-35)28-12-8-6-10-26(24)28/h23-28,31,34-35H,5-22H2,1-4H3. The Balaban J connectivity index is 1.28. The zero-order chi connectivity index (χ0) is 25.1. The van der Waals surface area contributed by atoms with E-state index in [1.54, 1.807) is 0 Å². The van der Waals surface area contributed by atoms with Gasteiger partial charge in [-0.05, 0) is 116 Å². The minimum Gasteiger partial charge on any atom is -0.395 e. The first-order valence-electron chi connectivity index (χ1n) is 15.2. The van der Waals surface area contributed by atoms with E-state index in [2.05, 4.69) is 42.8 Å². The summed E-state index contributed by atoms with van der Waals surface area (Å²) in [5, 5.41) is 23.3. The number of nitrogens with zero attached hydrogens (tertiary/aromatic N) is 2. The van der Waals surface area contributed by atoms with Gasteiger partial charge in [-0.25, -0.2) is 0 Å². The largest absolute Gasteiger partial charge is 0.395 e. The van der Waals surface area contributed by atoms with Crippen LogP contribution in [0.2, 0.25) is 0 Å². The summed E-state index contributed by atoms with van der Waals surface area (Å²) in [6.45, 7) is 14.2. The third-order valence-electron chi connectivity index (χ3n) is 10.7. The second-order valence-corrected chi connectivity index (χ2v) is 13.7. The fourth-order valence-electron chi connectivity index (χ4n) is 9.36. The van der Waals surface area contributed by atoms with Gasteiger partial charge in [0.15, 0.2) is 0 Å². The highest BCUT2D eigenvalue weighted by molar-refractivity contribution is 5.02. The van der Waals surface area contributed by atoms with E-state index in [1.165, 1.54) is 77.0 Å². The van der Waals surface area contributed by atoms with Crippen LogP contribution in [0, 0.1) is 23.7 Å². The Bertz CT molecular complexity index is 600. The second-order valence-electron chi connectivity index (χ2n) is 13.7. The Labute approximate surface area is 216 Å². The van der Waals surface area contributed by atoms with E-state index < -0.39 is 0 Å². The van der Waals surface area contributed by atoms with Gasteiger partial charge in [-0.2, -0.15) is 0 Å². The maximum Gasteiger partial charge on any atom is 0.0558 e. The number of β-amino-alcohol motifs (C(OH)–C–C–N with tert-alkyl or cyclic N) is 2. The van der Waals surface area contributed by atoms with Gasteiger partial charge in [-0.1, -0.05) is 25.7 Å². The molecule has 0 aromatic heterocycles. The molecule has 5 nitrogen and oxygen atoms in total. The van der Waals surface area contributed by atoms with E-state index in [-0.39, 0.29) is 24.3 Å². The van der Waals surface area contributed by atoms with Crippen molar-refractivity contribution < 1.29 is 10.2 Å². The molecule has 2 saturated heterocycles. The predicted molar refractivity (Wildman–Crippen MR) is 146 cm³/mol. The Kier molecular flexibility index (Phi) is 9.63. The van der Waals surface area contributed by atoms with Crippen molar-refractivity contribution in [3.8, 4) is 0 Å². The van der Waals surface area contributed by atoms with Gasteiger partial charge >= 0.3 is 0 Å². The first-order valence-corrected chi connectivity index (χ1v) is 15.2. The number of likely N-dealkylation sites (tertiary alicyclic amines) is 2. The molecule has 0 radical (unpaired) electrons. The first-order chi connectivity index (χ1) is 16.8. The topological polar surface area (TPSA) is 59.0 Å². The van der Waals surface area contributed by atoms with Gasteiger partial charge < -0.3 is 15.5 Å². The molecule has 2 aliphatic heterocycles. The van der Waals surface area contributed by atoms with Gasteiger partial charge in [0.05, 0.1) is 13.2 Å². The van der Waals surface area contributed by atoms with Crippen LogP contribution >= 0.6 is 0 Å². The molecule has 0 bridgehead atoms. The molecule has 5 heteroatoms. The van der Waals surface area contributed by atoms with Gasteiger partial charge in [0.2, 0.25) is 0 Å². The molecule has 2 heterocycles. The molecule has 0 aromatic rings. The molecule has 204 valence electrons. The van der Waals surface area contributed by atoms with Crippen LogP contribution in [0.5, 0.6) is 0 Å². The SMILES string of the molecule is CC1(C)CC(CCNCCC2CC(C)(C)N(CCO)C3CCCCC23)C2CCCCC2N1CCO. The number of hydrogen-bond donors (Lipinski definition) is 3. The lowest BCUT2D eigenvalue weighted by Gasteiger charge is -2.56. The van der Waals surface area contributed by atoms with E-state index in [0.29, 0.717) is 12.1 Å². The molecule has 0 amide bonds. The molecule has 3 N–H and O–H groups in total. The average molecular weight is 492 g/mol. The van der Waals surface area contributed by atoms with Crippen molar-refractivity contribution in [1.29, 1.82) is 0 Å². The van der Waals surface area contributed by atoms with Crippen LogP contribution in [0.15, 0.2) is 0 Å². The number of nitrogens with one attached hydrogen (secondary N) is 1. The normalized spacial score (nSPS) is 37.5. The van der Waals surface area contributed by atoms with Gasteiger partial charge in [-0.15, -0.1) is 0 Å². The highest BCUT2D eigenvalue weighted by Gasteiger charge is 2.48. The predicted octanol–water partition coefficient (Wildman–Crippen LogP) is 4.66. The molecule has 6 unspecified atom stereocenters. The van der Waals surface area contributed by atoms with Crippen molar-refractivity contribution in [2.24, 2.45) is 23.7 Å². The van der Waals surface area contributed by atoms with Crippen LogP contribution in [0.25, 0.3) is 0 Å². The number of fused-ring (bicyclic) bond motifs is 2. The molecule has 0 spiro atoms. The smallest absolute Gasteiger partial charge is 0.0558 e. The zero-order valence-electron chi connectivity index (χ0n) is 23.5. The maximum absolute atomic E-state index is 9.70. The van der Waals surface area contributed by atoms with E-state index in [1.807, 2.05) is 0 Å². The average Bonchev–Trinajstić information content (AvgIpc) is 2.83. The molecular formula is C30H57N3O2. The van der Waals surface area contributed by atoms with E-state index in [9.17, 15) is 10.2 Å². The van der Waals surface area contributed by atoms with Crippen LogP contribution in [-0.2, 0) is 0 Å². The third kappa shape index (κ3) is 6.28. The number of hydrogen-bond acceptors (Lipinski definition) is 5. The molecular weight excluding hydrogens is 434 g/mol. The lowest BCUT2D eigenvalue weighted by molar-refractivity contribution is -0.0721. The Morgan fingerprint density at radius 2 is 1.06 bits per heavy atom. The molecule has 2 saturated carbocycles. The second kappa shape index (κ2) is 12.1. The zero-order valence-corrected chi connectivity index (χ0v) is 23.5. The maximum atomic E-state index is 9.70. The van der Waals surface area contributed by atoms with Gasteiger partial charge in [-0.3, -0.25) is 9.80 Å².